The molecule has 1 aromatic heterocycles. The number of anilines is 1. The zero-order valence-electron chi connectivity index (χ0n) is 18.7. The van der Waals surface area contributed by atoms with Crippen molar-refractivity contribution in [2.45, 2.75) is 38.3 Å². The number of halogens is 1. The first-order valence-electron chi connectivity index (χ1n) is 11.8. The summed E-state index contributed by atoms with van der Waals surface area (Å²) in [5.41, 5.74) is 2.14. The van der Waals surface area contributed by atoms with E-state index in [9.17, 15) is 9.59 Å². The van der Waals surface area contributed by atoms with Crippen LogP contribution in [0.2, 0.25) is 5.02 Å². The first-order valence-corrected chi connectivity index (χ1v) is 12.1. The van der Waals surface area contributed by atoms with Gasteiger partial charge in [0, 0.05) is 40.7 Å². The first-order chi connectivity index (χ1) is 16.1. The van der Waals surface area contributed by atoms with E-state index in [-0.39, 0.29) is 18.4 Å². The zero-order chi connectivity index (χ0) is 22.8. The van der Waals surface area contributed by atoms with Crippen LogP contribution in [0.3, 0.4) is 0 Å². The molecule has 2 aliphatic rings. The van der Waals surface area contributed by atoms with Crippen LogP contribution in [0.5, 0.6) is 0 Å². The van der Waals surface area contributed by atoms with Crippen LogP contribution in [0.15, 0.2) is 54.6 Å². The van der Waals surface area contributed by atoms with Crippen LogP contribution in [-0.4, -0.2) is 58.4 Å². The van der Waals surface area contributed by atoms with Gasteiger partial charge >= 0.3 is 0 Å². The Labute approximate surface area is 199 Å². The lowest BCUT2D eigenvalue weighted by Gasteiger charge is -2.36. The Bertz CT molecular complexity index is 1140. The van der Waals surface area contributed by atoms with Crippen LogP contribution in [0.1, 0.15) is 36.2 Å². The molecule has 2 aromatic carbocycles. The summed E-state index contributed by atoms with van der Waals surface area (Å²) in [6.45, 7) is 3.98. The van der Waals surface area contributed by atoms with E-state index >= 15 is 0 Å². The molecule has 6 nitrogen and oxygen atoms in total. The van der Waals surface area contributed by atoms with Crippen LogP contribution < -0.4 is 5.32 Å². The van der Waals surface area contributed by atoms with E-state index in [2.05, 4.69) is 10.2 Å². The highest BCUT2D eigenvalue weighted by Gasteiger charge is 2.30. The van der Waals surface area contributed by atoms with Crippen LogP contribution in [0.4, 0.5) is 5.69 Å². The van der Waals surface area contributed by atoms with Gasteiger partial charge in [-0.1, -0.05) is 29.8 Å². The average molecular weight is 465 g/mol. The molecule has 0 radical (unpaired) electrons. The van der Waals surface area contributed by atoms with Crippen molar-refractivity contribution >= 4 is 40.0 Å². The number of rotatable bonds is 5. The molecule has 7 heteroatoms. The van der Waals surface area contributed by atoms with Crippen molar-refractivity contribution in [3.63, 3.8) is 0 Å². The van der Waals surface area contributed by atoms with Gasteiger partial charge in [0.05, 0.1) is 0 Å². The lowest BCUT2D eigenvalue weighted by atomic mass is 10.0. The van der Waals surface area contributed by atoms with E-state index in [4.69, 9.17) is 11.6 Å². The molecule has 0 spiro atoms. The number of aromatic nitrogens is 1. The third-order valence-electron chi connectivity index (χ3n) is 6.87. The molecule has 2 aliphatic heterocycles. The van der Waals surface area contributed by atoms with Gasteiger partial charge in [-0.25, -0.2) is 0 Å². The lowest BCUT2D eigenvalue weighted by Crippen LogP contribution is -2.46. The lowest BCUT2D eigenvalue weighted by molar-refractivity contribution is -0.116. The topological polar surface area (TPSA) is 57.6 Å². The Morgan fingerprint density at radius 2 is 1.64 bits per heavy atom. The van der Waals surface area contributed by atoms with Gasteiger partial charge in [0.15, 0.2) is 0 Å². The fraction of sp³-hybridized carbons (Fsp3) is 0.385. The van der Waals surface area contributed by atoms with Gasteiger partial charge in [0.1, 0.15) is 12.2 Å². The molecule has 0 saturated carbocycles. The minimum atomic E-state index is -0.180. The van der Waals surface area contributed by atoms with Crippen molar-refractivity contribution in [1.29, 1.82) is 0 Å². The molecule has 2 amide bonds. The van der Waals surface area contributed by atoms with Crippen molar-refractivity contribution < 1.29 is 9.59 Å². The second-order valence-electron chi connectivity index (χ2n) is 9.00. The number of nitrogens with zero attached hydrogens (tertiary/aromatic N) is 3. The third kappa shape index (κ3) is 4.77. The minimum absolute atomic E-state index is 0.00497. The minimum Gasteiger partial charge on any atom is -0.337 e. The number of likely N-dealkylation sites (tertiary alicyclic amines) is 2. The van der Waals surface area contributed by atoms with E-state index in [0.29, 0.717) is 22.4 Å². The van der Waals surface area contributed by atoms with Crippen molar-refractivity contribution in [1.82, 2.24) is 14.4 Å². The fourth-order valence-electron chi connectivity index (χ4n) is 5.14. The van der Waals surface area contributed by atoms with E-state index in [0.717, 1.165) is 36.8 Å². The predicted molar refractivity (Wildman–Crippen MR) is 132 cm³/mol. The molecule has 0 aliphatic carbocycles. The molecule has 0 bridgehead atoms. The Morgan fingerprint density at radius 3 is 2.36 bits per heavy atom. The average Bonchev–Trinajstić information content (AvgIpc) is 3.49. The quantitative estimate of drug-likeness (QED) is 0.598. The van der Waals surface area contributed by atoms with Crippen LogP contribution >= 0.6 is 11.6 Å². The molecule has 1 N–H and O–H groups in total. The van der Waals surface area contributed by atoms with Crippen molar-refractivity contribution in [2.24, 2.45) is 0 Å². The Balaban J connectivity index is 1.33. The molecule has 33 heavy (non-hydrogen) atoms. The Hall–Kier alpha value is -2.83. The molecule has 3 heterocycles. The molecule has 2 fully saturated rings. The molecular formula is C26H29ClN4O2. The summed E-state index contributed by atoms with van der Waals surface area (Å²) in [5, 5.41) is 4.49. The highest BCUT2D eigenvalue weighted by Crippen LogP contribution is 2.25. The van der Waals surface area contributed by atoms with E-state index < -0.39 is 0 Å². The number of fused-ring (bicyclic) bond motifs is 1. The number of para-hydroxylation sites is 1. The smallest absolute Gasteiger partial charge is 0.270 e. The van der Waals surface area contributed by atoms with Crippen molar-refractivity contribution in [3.05, 3.63) is 65.3 Å². The third-order valence-corrected chi connectivity index (χ3v) is 7.12. The van der Waals surface area contributed by atoms with E-state index in [1.807, 2.05) is 39.8 Å². The number of hydrogen-bond acceptors (Lipinski definition) is 3. The summed E-state index contributed by atoms with van der Waals surface area (Å²) in [7, 11) is 0. The zero-order valence-corrected chi connectivity index (χ0v) is 19.4. The number of amides is 2. The standard InChI is InChI=1S/C26H29ClN4O2/c27-20-7-9-21(10-8-20)28-25(32)18-31-23-6-2-1-5-19(23)17-24(31)26(33)30-15-11-22(12-16-30)29-13-3-4-14-29/h1-2,5-10,17,22H,3-4,11-16,18H2,(H,28,32). The van der Waals surface area contributed by atoms with E-state index in [1.54, 1.807) is 24.3 Å². The maximum atomic E-state index is 13.5. The van der Waals surface area contributed by atoms with E-state index in [1.165, 1.54) is 25.9 Å². The Morgan fingerprint density at radius 1 is 0.939 bits per heavy atom. The maximum Gasteiger partial charge on any atom is 0.270 e. The summed E-state index contributed by atoms with van der Waals surface area (Å²) in [5.74, 6) is -0.175. The second kappa shape index (κ2) is 9.57. The van der Waals surface area contributed by atoms with Gasteiger partial charge in [-0.05, 0) is 75.2 Å². The van der Waals surface area contributed by atoms with Crippen LogP contribution in [0.25, 0.3) is 10.9 Å². The molecule has 5 rings (SSSR count). The molecule has 3 aromatic rings. The second-order valence-corrected chi connectivity index (χ2v) is 9.43. The summed E-state index contributed by atoms with van der Waals surface area (Å²) >= 11 is 5.94. The number of nitrogens with one attached hydrogen (secondary N) is 1. The molecule has 0 atom stereocenters. The number of piperidine rings is 1. The summed E-state index contributed by atoms with van der Waals surface area (Å²) < 4.78 is 1.84. The SMILES string of the molecule is O=C(Cn1c(C(=O)N2CCC(N3CCCC3)CC2)cc2ccccc21)Nc1ccc(Cl)cc1. The van der Waals surface area contributed by atoms with Gasteiger partial charge in [-0.15, -0.1) is 0 Å². The normalized spacial score (nSPS) is 17.5. The largest absolute Gasteiger partial charge is 0.337 e. The number of carbonyl (C=O) groups is 2. The Kier molecular flexibility index (Phi) is 6.38. The number of benzene rings is 2. The first kappa shape index (κ1) is 22.0. The fourth-order valence-corrected chi connectivity index (χ4v) is 5.26. The summed E-state index contributed by atoms with van der Waals surface area (Å²) in [6.07, 6.45) is 4.61. The van der Waals surface area contributed by atoms with Crippen LogP contribution in [0, 0.1) is 0 Å². The van der Waals surface area contributed by atoms with Crippen LogP contribution in [-0.2, 0) is 11.3 Å². The highest BCUT2D eigenvalue weighted by atomic mass is 35.5. The van der Waals surface area contributed by atoms with Gasteiger partial charge in [-0.2, -0.15) is 0 Å². The molecule has 2 saturated heterocycles. The summed E-state index contributed by atoms with van der Waals surface area (Å²) in [6, 6.07) is 17.4. The van der Waals surface area contributed by atoms with Crippen molar-refractivity contribution in [2.75, 3.05) is 31.5 Å². The molecule has 172 valence electrons. The van der Waals surface area contributed by atoms with Crippen molar-refractivity contribution in [3.8, 4) is 0 Å². The monoisotopic (exact) mass is 464 g/mol. The molecule has 0 unspecified atom stereocenters. The number of carbonyl (C=O) groups excluding carboxylic acids is 2. The summed E-state index contributed by atoms with van der Waals surface area (Å²) in [4.78, 5) is 30.9. The van der Waals surface area contributed by atoms with Gasteiger partial charge in [0.2, 0.25) is 5.91 Å². The van der Waals surface area contributed by atoms with Gasteiger partial charge in [-0.3, -0.25) is 9.59 Å². The predicted octanol–water partition coefficient (Wildman–Crippen LogP) is 4.63. The highest BCUT2D eigenvalue weighted by molar-refractivity contribution is 6.30. The molecular weight excluding hydrogens is 436 g/mol. The van der Waals surface area contributed by atoms with Gasteiger partial charge in [0.25, 0.3) is 5.91 Å². The van der Waals surface area contributed by atoms with Gasteiger partial charge < -0.3 is 19.7 Å². The number of hydrogen-bond donors (Lipinski definition) is 1. The maximum absolute atomic E-state index is 13.5.